The van der Waals surface area contributed by atoms with E-state index in [1.807, 2.05) is 48.5 Å². The maximum absolute atomic E-state index is 10.5. The van der Waals surface area contributed by atoms with Gasteiger partial charge in [-0.3, -0.25) is 4.90 Å². The number of nitrogens with one attached hydrogen (secondary N) is 1. The lowest BCUT2D eigenvalue weighted by Gasteiger charge is -2.38. The Kier molecular flexibility index (Phi) is 5.11. The van der Waals surface area contributed by atoms with E-state index in [0.717, 1.165) is 35.8 Å². The van der Waals surface area contributed by atoms with E-state index in [1.165, 1.54) is 0 Å². The van der Waals surface area contributed by atoms with Crippen LogP contribution >= 0.6 is 11.6 Å². The molecule has 1 aliphatic rings. The lowest BCUT2D eigenvalue weighted by Crippen LogP contribution is -2.47. The van der Waals surface area contributed by atoms with Gasteiger partial charge in [0.15, 0.2) is 0 Å². The van der Waals surface area contributed by atoms with Crippen LogP contribution in [0.3, 0.4) is 0 Å². The fraction of sp³-hybridized carbons (Fsp3) is 0.333. The van der Waals surface area contributed by atoms with E-state index in [2.05, 4.69) is 16.3 Å². The topological polar surface area (TPSA) is 35.5 Å². The zero-order valence-electron chi connectivity index (χ0n) is 12.5. The molecule has 1 fully saturated rings. The molecule has 2 atom stereocenters. The van der Waals surface area contributed by atoms with Gasteiger partial charge in [-0.15, -0.1) is 0 Å². The molecular weight excluding hydrogens is 296 g/mol. The quantitative estimate of drug-likeness (QED) is 0.910. The predicted molar refractivity (Wildman–Crippen MR) is 90.0 cm³/mol. The summed E-state index contributed by atoms with van der Waals surface area (Å²) in [5.41, 5.74) is 2.08. The molecule has 0 spiro atoms. The van der Waals surface area contributed by atoms with Crippen LogP contribution in [0.2, 0.25) is 5.02 Å². The third-order valence-corrected chi connectivity index (χ3v) is 4.55. The van der Waals surface area contributed by atoms with Crippen LogP contribution in [0, 0.1) is 0 Å². The number of aliphatic hydroxyl groups excluding tert-OH is 1. The first kappa shape index (κ1) is 15.5. The number of hydrogen-bond donors (Lipinski definition) is 2. The van der Waals surface area contributed by atoms with E-state index in [0.29, 0.717) is 6.54 Å². The zero-order chi connectivity index (χ0) is 15.4. The molecule has 3 nitrogen and oxygen atoms in total. The third-order valence-electron chi connectivity index (χ3n) is 4.21. The van der Waals surface area contributed by atoms with Gasteiger partial charge in [0.25, 0.3) is 0 Å². The molecule has 0 aliphatic carbocycles. The maximum atomic E-state index is 10.5. The van der Waals surface area contributed by atoms with E-state index in [-0.39, 0.29) is 6.04 Å². The Morgan fingerprint density at radius 1 is 1.14 bits per heavy atom. The minimum absolute atomic E-state index is 0.195. The first-order valence-corrected chi connectivity index (χ1v) is 8.05. The van der Waals surface area contributed by atoms with Gasteiger partial charge >= 0.3 is 0 Å². The van der Waals surface area contributed by atoms with Gasteiger partial charge in [-0.2, -0.15) is 0 Å². The number of aliphatic hydroxyl groups is 1. The summed E-state index contributed by atoms with van der Waals surface area (Å²) in [5.74, 6) is 0. The summed E-state index contributed by atoms with van der Waals surface area (Å²) in [6.07, 6.45) is -0.482. The van der Waals surface area contributed by atoms with Crippen molar-refractivity contribution in [3.8, 4) is 0 Å². The van der Waals surface area contributed by atoms with E-state index in [9.17, 15) is 5.11 Å². The van der Waals surface area contributed by atoms with Crippen LogP contribution in [0.1, 0.15) is 23.3 Å². The monoisotopic (exact) mass is 316 g/mol. The molecule has 0 radical (unpaired) electrons. The van der Waals surface area contributed by atoms with Crippen molar-refractivity contribution >= 4 is 11.6 Å². The molecule has 1 heterocycles. The highest BCUT2D eigenvalue weighted by molar-refractivity contribution is 6.31. The fourth-order valence-electron chi connectivity index (χ4n) is 3.02. The molecule has 0 bridgehead atoms. The Morgan fingerprint density at radius 3 is 2.64 bits per heavy atom. The average molecular weight is 317 g/mol. The second kappa shape index (κ2) is 7.25. The van der Waals surface area contributed by atoms with Gasteiger partial charge in [0.05, 0.1) is 6.10 Å². The number of nitrogens with zero attached hydrogens (tertiary/aromatic N) is 1. The maximum Gasteiger partial charge on any atom is 0.0917 e. The van der Waals surface area contributed by atoms with Crippen LogP contribution in [0.25, 0.3) is 0 Å². The van der Waals surface area contributed by atoms with Crippen molar-refractivity contribution in [3.63, 3.8) is 0 Å². The van der Waals surface area contributed by atoms with E-state index >= 15 is 0 Å². The summed E-state index contributed by atoms with van der Waals surface area (Å²) in [6, 6.07) is 18.0. The first-order valence-electron chi connectivity index (χ1n) is 7.68. The minimum Gasteiger partial charge on any atom is -0.387 e. The number of rotatable bonds is 4. The Morgan fingerprint density at radius 2 is 1.86 bits per heavy atom. The zero-order valence-corrected chi connectivity index (χ0v) is 13.2. The lowest BCUT2D eigenvalue weighted by molar-refractivity contribution is 0.0733. The highest BCUT2D eigenvalue weighted by Gasteiger charge is 2.27. The molecule has 22 heavy (non-hydrogen) atoms. The van der Waals surface area contributed by atoms with E-state index in [1.54, 1.807) is 0 Å². The summed E-state index contributed by atoms with van der Waals surface area (Å²) in [4.78, 5) is 2.31. The molecule has 0 amide bonds. The van der Waals surface area contributed by atoms with Gasteiger partial charge in [-0.05, 0) is 17.2 Å². The molecule has 116 valence electrons. The van der Waals surface area contributed by atoms with E-state index < -0.39 is 6.10 Å². The highest BCUT2D eigenvalue weighted by atomic mass is 35.5. The van der Waals surface area contributed by atoms with Crippen molar-refractivity contribution in [2.45, 2.75) is 12.1 Å². The number of benzene rings is 2. The molecule has 2 aromatic carbocycles. The van der Waals surface area contributed by atoms with Crippen molar-refractivity contribution in [2.75, 3.05) is 26.2 Å². The first-order chi connectivity index (χ1) is 10.8. The molecule has 3 rings (SSSR count). The number of β-amino-alcohol motifs (C(OH)–C–C–N with tert-alkyl or cyclic N) is 1. The molecule has 0 aromatic heterocycles. The van der Waals surface area contributed by atoms with Gasteiger partial charge < -0.3 is 10.4 Å². The van der Waals surface area contributed by atoms with Crippen molar-refractivity contribution < 1.29 is 5.11 Å². The minimum atomic E-state index is -0.482. The van der Waals surface area contributed by atoms with E-state index in [4.69, 9.17) is 11.6 Å². The van der Waals surface area contributed by atoms with Crippen LogP contribution in [0.4, 0.5) is 0 Å². The highest BCUT2D eigenvalue weighted by Crippen LogP contribution is 2.29. The van der Waals surface area contributed by atoms with Crippen LogP contribution in [0.5, 0.6) is 0 Å². The van der Waals surface area contributed by atoms with Crippen molar-refractivity contribution in [1.82, 2.24) is 10.2 Å². The van der Waals surface area contributed by atoms with Gasteiger partial charge in [0.1, 0.15) is 0 Å². The van der Waals surface area contributed by atoms with Gasteiger partial charge in [0.2, 0.25) is 0 Å². The van der Waals surface area contributed by atoms with Gasteiger partial charge in [-0.25, -0.2) is 0 Å². The second-order valence-electron chi connectivity index (χ2n) is 5.66. The number of halogens is 1. The van der Waals surface area contributed by atoms with Crippen LogP contribution in [-0.2, 0) is 0 Å². The van der Waals surface area contributed by atoms with Crippen LogP contribution in [-0.4, -0.2) is 36.2 Å². The molecule has 1 aliphatic heterocycles. The molecule has 2 unspecified atom stereocenters. The van der Waals surface area contributed by atoms with Crippen molar-refractivity contribution in [2.24, 2.45) is 0 Å². The number of hydrogen-bond acceptors (Lipinski definition) is 3. The summed E-state index contributed by atoms with van der Waals surface area (Å²) in [5, 5.41) is 14.7. The molecule has 2 N–H and O–H groups in total. The molecular formula is C18H21ClN2O. The second-order valence-corrected chi connectivity index (χ2v) is 6.07. The lowest BCUT2D eigenvalue weighted by atomic mass is 10.0. The standard InChI is InChI=1S/C18H21ClN2O/c19-16-9-5-4-8-15(16)17-12-20-10-11-21(17)13-18(22)14-6-2-1-3-7-14/h1-9,17-18,20,22H,10-13H2. The molecule has 4 heteroatoms. The predicted octanol–water partition coefficient (Wildman–Crippen LogP) is 3.02. The SMILES string of the molecule is OC(CN1CCNCC1c1ccccc1Cl)c1ccccc1. The molecule has 2 aromatic rings. The summed E-state index contributed by atoms with van der Waals surface area (Å²) in [6.45, 7) is 3.30. The van der Waals surface area contributed by atoms with Crippen molar-refractivity contribution in [1.29, 1.82) is 0 Å². The fourth-order valence-corrected chi connectivity index (χ4v) is 3.28. The Balaban J connectivity index is 1.77. The Hall–Kier alpha value is -1.39. The Bertz CT molecular complexity index is 605. The van der Waals surface area contributed by atoms with Crippen molar-refractivity contribution in [3.05, 3.63) is 70.7 Å². The Labute approximate surface area is 136 Å². The smallest absolute Gasteiger partial charge is 0.0917 e. The largest absolute Gasteiger partial charge is 0.387 e. The van der Waals surface area contributed by atoms with Crippen LogP contribution in [0.15, 0.2) is 54.6 Å². The summed E-state index contributed by atoms with van der Waals surface area (Å²) in [7, 11) is 0. The summed E-state index contributed by atoms with van der Waals surface area (Å²) >= 11 is 6.36. The van der Waals surface area contributed by atoms with Gasteiger partial charge in [-0.1, -0.05) is 60.1 Å². The molecule has 0 saturated carbocycles. The van der Waals surface area contributed by atoms with Gasteiger partial charge in [0, 0.05) is 37.2 Å². The molecule has 1 saturated heterocycles. The normalized spacial score (nSPS) is 20.7. The summed E-state index contributed by atoms with van der Waals surface area (Å²) < 4.78 is 0. The number of piperazine rings is 1. The third kappa shape index (κ3) is 3.50. The average Bonchev–Trinajstić information content (AvgIpc) is 2.57. The van der Waals surface area contributed by atoms with Crippen LogP contribution < -0.4 is 5.32 Å².